The van der Waals surface area contributed by atoms with E-state index in [9.17, 15) is 4.79 Å². The number of ether oxygens (including phenoxy) is 1. The van der Waals surface area contributed by atoms with Crippen molar-refractivity contribution in [2.75, 3.05) is 32.0 Å². The average molecular weight is 399 g/mol. The number of carbonyl (C=O) groups is 1. The van der Waals surface area contributed by atoms with E-state index in [2.05, 4.69) is 27.3 Å². The van der Waals surface area contributed by atoms with Gasteiger partial charge in [0.2, 0.25) is 0 Å². The number of rotatable bonds is 5. The Kier molecular flexibility index (Phi) is 9.37. The molecule has 1 aliphatic heterocycles. The molecule has 1 fully saturated rings. The number of aromatic nitrogens is 1. The van der Waals surface area contributed by atoms with Gasteiger partial charge in [-0.25, -0.2) is 0 Å². The zero-order chi connectivity index (χ0) is 16.8. The number of hydrogen-bond acceptors (Lipinski definition) is 5. The van der Waals surface area contributed by atoms with Crippen LogP contribution in [0.1, 0.15) is 15.9 Å². The predicted molar refractivity (Wildman–Crippen MR) is 107 cm³/mol. The first-order chi connectivity index (χ1) is 11.7. The maximum absolute atomic E-state index is 12.2. The fourth-order valence-electron chi connectivity index (χ4n) is 2.79. The smallest absolute Gasteiger partial charge is 0.255 e. The molecule has 6 nitrogen and oxygen atoms in total. The van der Waals surface area contributed by atoms with Gasteiger partial charge in [0.25, 0.3) is 5.91 Å². The Labute approximate surface area is 165 Å². The van der Waals surface area contributed by atoms with E-state index in [0.717, 1.165) is 19.6 Å². The summed E-state index contributed by atoms with van der Waals surface area (Å²) >= 11 is 0. The van der Waals surface area contributed by atoms with Gasteiger partial charge in [-0.15, -0.1) is 24.8 Å². The van der Waals surface area contributed by atoms with Crippen molar-refractivity contribution in [3.8, 4) is 0 Å². The zero-order valence-corrected chi connectivity index (χ0v) is 16.0. The van der Waals surface area contributed by atoms with Crippen molar-refractivity contribution in [1.29, 1.82) is 0 Å². The highest BCUT2D eigenvalue weighted by molar-refractivity contribution is 5.98. The number of benzene rings is 1. The highest BCUT2D eigenvalue weighted by Gasteiger charge is 2.21. The Bertz CT molecular complexity index is 688. The van der Waals surface area contributed by atoms with Crippen LogP contribution in [0.5, 0.6) is 0 Å². The molecule has 1 saturated heterocycles. The molecular formula is C18H24Cl2N4O2. The van der Waals surface area contributed by atoms with Crippen molar-refractivity contribution in [2.45, 2.75) is 12.6 Å². The topological polar surface area (TPSA) is 80.5 Å². The van der Waals surface area contributed by atoms with Gasteiger partial charge in [-0.2, -0.15) is 0 Å². The third kappa shape index (κ3) is 6.14. The van der Waals surface area contributed by atoms with Crippen LogP contribution in [-0.4, -0.2) is 48.1 Å². The highest BCUT2D eigenvalue weighted by atomic mass is 35.5. The fraction of sp³-hybridized carbons (Fsp3) is 0.333. The standard InChI is InChI=1S/C18H22N4O2.2ClH/c19-17-6-7-20-11-16(17)18(23)21-10-15-13-22(8-9-24-15)12-14-4-2-1-3-5-14;;/h1-7,11,15H,8-10,12-13H2,(H2,19,20)(H,21,23);2*1H. The van der Waals surface area contributed by atoms with Crippen molar-refractivity contribution in [2.24, 2.45) is 0 Å². The number of anilines is 1. The van der Waals surface area contributed by atoms with Crippen LogP contribution < -0.4 is 11.1 Å². The zero-order valence-electron chi connectivity index (χ0n) is 14.3. The summed E-state index contributed by atoms with van der Waals surface area (Å²) in [6.45, 7) is 3.71. The van der Waals surface area contributed by atoms with Gasteiger partial charge in [0.05, 0.1) is 18.3 Å². The number of carbonyl (C=O) groups excluding carboxylic acids is 1. The van der Waals surface area contributed by atoms with Gasteiger partial charge in [0, 0.05) is 44.3 Å². The number of halogens is 2. The second-order valence-corrected chi connectivity index (χ2v) is 5.89. The second-order valence-electron chi connectivity index (χ2n) is 5.89. The summed E-state index contributed by atoms with van der Waals surface area (Å²) in [5, 5.41) is 2.88. The molecule has 0 radical (unpaired) electrons. The summed E-state index contributed by atoms with van der Waals surface area (Å²) in [6, 6.07) is 12.0. The molecule has 0 saturated carbocycles. The van der Waals surface area contributed by atoms with Crippen molar-refractivity contribution >= 4 is 36.4 Å². The van der Waals surface area contributed by atoms with Crippen LogP contribution in [0.3, 0.4) is 0 Å². The van der Waals surface area contributed by atoms with Gasteiger partial charge >= 0.3 is 0 Å². The quantitative estimate of drug-likeness (QED) is 0.806. The minimum Gasteiger partial charge on any atom is -0.398 e. The number of amides is 1. The normalized spacial score (nSPS) is 16.8. The van der Waals surface area contributed by atoms with Gasteiger partial charge in [-0.3, -0.25) is 14.7 Å². The molecule has 0 aliphatic carbocycles. The second kappa shape index (κ2) is 11.0. The average Bonchev–Trinajstić information content (AvgIpc) is 2.61. The van der Waals surface area contributed by atoms with Gasteiger partial charge in [0.1, 0.15) is 0 Å². The first kappa shape index (κ1) is 22.2. The van der Waals surface area contributed by atoms with Crippen LogP contribution in [0, 0.1) is 0 Å². The molecule has 1 amide bonds. The van der Waals surface area contributed by atoms with Gasteiger partial charge in [-0.1, -0.05) is 30.3 Å². The molecule has 3 rings (SSSR count). The van der Waals surface area contributed by atoms with E-state index < -0.39 is 0 Å². The summed E-state index contributed by atoms with van der Waals surface area (Å²) in [4.78, 5) is 18.5. The van der Waals surface area contributed by atoms with Crippen LogP contribution in [0.15, 0.2) is 48.8 Å². The molecule has 26 heavy (non-hydrogen) atoms. The maximum Gasteiger partial charge on any atom is 0.255 e. The summed E-state index contributed by atoms with van der Waals surface area (Å²) in [5.74, 6) is -0.218. The van der Waals surface area contributed by atoms with Crippen molar-refractivity contribution in [3.63, 3.8) is 0 Å². The summed E-state index contributed by atoms with van der Waals surface area (Å²) in [5.41, 5.74) is 7.91. The third-order valence-electron chi connectivity index (χ3n) is 4.06. The summed E-state index contributed by atoms with van der Waals surface area (Å²) < 4.78 is 5.76. The number of pyridine rings is 1. The first-order valence-corrected chi connectivity index (χ1v) is 8.08. The molecule has 1 aromatic carbocycles. The van der Waals surface area contributed by atoms with E-state index in [1.165, 1.54) is 11.8 Å². The summed E-state index contributed by atoms with van der Waals surface area (Å²) in [6.07, 6.45) is 3.02. The van der Waals surface area contributed by atoms with Crippen LogP contribution in [0.25, 0.3) is 0 Å². The lowest BCUT2D eigenvalue weighted by atomic mass is 10.2. The Morgan fingerprint density at radius 1 is 1.27 bits per heavy atom. The molecule has 1 aliphatic rings. The van der Waals surface area contributed by atoms with Crippen LogP contribution in [0.4, 0.5) is 5.69 Å². The molecule has 3 N–H and O–H groups in total. The Morgan fingerprint density at radius 2 is 2.04 bits per heavy atom. The number of morpholine rings is 1. The number of nitrogen functional groups attached to an aromatic ring is 1. The monoisotopic (exact) mass is 398 g/mol. The lowest BCUT2D eigenvalue weighted by molar-refractivity contribution is -0.0292. The van der Waals surface area contributed by atoms with Gasteiger partial charge in [-0.05, 0) is 11.6 Å². The van der Waals surface area contributed by atoms with Gasteiger partial charge in [0.15, 0.2) is 0 Å². The minimum absolute atomic E-state index is 0. The fourth-order valence-corrected chi connectivity index (χ4v) is 2.79. The van der Waals surface area contributed by atoms with Gasteiger partial charge < -0.3 is 15.8 Å². The molecule has 1 atom stereocenters. The lowest BCUT2D eigenvalue weighted by Crippen LogP contribution is -2.47. The van der Waals surface area contributed by atoms with E-state index in [-0.39, 0.29) is 36.8 Å². The molecule has 1 unspecified atom stereocenters. The Hall–Kier alpha value is -1.86. The number of nitrogens with zero attached hydrogens (tertiary/aromatic N) is 2. The van der Waals surface area contributed by atoms with Crippen LogP contribution >= 0.6 is 24.8 Å². The lowest BCUT2D eigenvalue weighted by Gasteiger charge is -2.33. The Morgan fingerprint density at radius 3 is 2.77 bits per heavy atom. The largest absolute Gasteiger partial charge is 0.398 e. The molecular weight excluding hydrogens is 375 g/mol. The van der Waals surface area contributed by atoms with E-state index in [0.29, 0.717) is 24.4 Å². The number of nitrogens with two attached hydrogens (primary N) is 1. The molecule has 142 valence electrons. The van der Waals surface area contributed by atoms with Crippen molar-refractivity contribution in [1.82, 2.24) is 15.2 Å². The molecule has 2 aromatic rings. The highest BCUT2D eigenvalue weighted by Crippen LogP contribution is 2.11. The third-order valence-corrected chi connectivity index (χ3v) is 4.06. The van der Waals surface area contributed by atoms with Crippen molar-refractivity contribution < 1.29 is 9.53 Å². The van der Waals surface area contributed by atoms with E-state index >= 15 is 0 Å². The molecule has 0 spiro atoms. The van der Waals surface area contributed by atoms with E-state index in [1.54, 1.807) is 12.3 Å². The summed E-state index contributed by atoms with van der Waals surface area (Å²) in [7, 11) is 0. The van der Waals surface area contributed by atoms with Crippen LogP contribution in [-0.2, 0) is 11.3 Å². The molecule has 8 heteroatoms. The molecule has 0 bridgehead atoms. The van der Waals surface area contributed by atoms with E-state index in [1.807, 2.05) is 18.2 Å². The first-order valence-electron chi connectivity index (χ1n) is 8.08. The minimum atomic E-state index is -0.218. The van der Waals surface area contributed by atoms with Crippen molar-refractivity contribution in [3.05, 3.63) is 59.9 Å². The maximum atomic E-state index is 12.2. The number of nitrogens with one attached hydrogen (secondary N) is 1. The predicted octanol–water partition coefficient (Wildman–Crippen LogP) is 2.14. The van der Waals surface area contributed by atoms with E-state index in [4.69, 9.17) is 10.5 Å². The molecule has 1 aromatic heterocycles. The number of hydrogen-bond donors (Lipinski definition) is 2. The molecule has 2 heterocycles. The SMILES string of the molecule is Cl.Cl.Nc1ccncc1C(=O)NCC1CN(Cc2ccccc2)CCO1. The Balaban J connectivity index is 0.00000169. The van der Waals surface area contributed by atoms with Crippen LogP contribution in [0.2, 0.25) is 0 Å².